The largest absolute Gasteiger partial charge is 0.449 e. The Morgan fingerprint density at radius 2 is 2.00 bits per heavy atom. The van der Waals surface area contributed by atoms with Crippen molar-refractivity contribution in [1.82, 2.24) is 10.9 Å². The van der Waals surface area contributed by atoms with Crippen LogP contribution < -0.4 is 10.9 Å². The van der Waals surface area contributed by atoms with Gasteiger partial charge in [0.1, 0.15) is 0 Å². The highest BCUT2D eigenvalue weighted by Crippen LogP contribution is 2.06. The van der Waals surface area contributed by atoms with E-state index in [1.54, 1.807) is 6.92 Å². The molecule has 0 atom stereocenters. The zero-order valence-electron chi connectivity index (χ0n) is 8.62. The smallest absolute Gasteiger partial charge is 0.425 e. The molecule has 0 unspecified atom stereocenters. The molecule has 1 amide bonds. The second kappa shape index (κ2) is 5.70. The van der Waals surface area contributed by atoms with Gasteiger partial charge in [0.15, 0.2) is 0 Å². The first kappa shape index (κ1) is 11.1. The second-order valence-electron chi connectivity index (χ2n) is 2.82. The number of hydrazine groups is 1. The SMILES string of the molecule is C=C(NNC(=O)OCC)c1ccccc1. The molecule has 0 heterocycles. The van der Waals surface area contributed by atoms with Crippen molar-refractivity contribution in [2.75, 3.05) is 6.61 Å². The van der Waals surface area contributed by atoms with Crippen molar-refractivity contribution >= 4 is 11.8 Å². The van der Waals surface area contributed by atoms with Crippen LogP contribution in [0.4, 0.5) is 4.79 Å². The van der Waals surface area contributed by atoms with Crippen LogP contribution in [0, 0.1) is 0 Å². The Morgan fingerprint density at radius 3 is 2.60 bits per heavy atom. The van der Waals surface area contributed by atoms with Crippen LogP contribution in [0.1, 0.15) is 12.5 Å². The van der Waals surface area contributed by atoms with Gasteiger partial charge in [0.25, 0.3) is 0 Å². The third-order valence-corrected chi connectivity index (χ3v) is 1.71. The van der Waals surface area contributed by atoms with Gasteiger partial charge >= 0.3 is 6.09 Å². The van der Waals surface area contributed by atoms with Crippen LogP contribution in [0.2, 0.25) is 0 Å². The lowest BCUT2D eigenvalue weighted by Gasteiger charge is -2.10. The first-order valence-corrected chi connectivity index (χ1v) is 4.67. The summed E-state index contributed by atoms with van der Waals surface area (Å²) < 4.78 is 4.67. The zero-order valence-corrected chi connectivity index (χ0v) is 8.62. The third-order valence-electron chi connectivity index (χ3n) is 1.71. The molecule has 0 aliphatic rings. The number of benzene rings is 1. The van der Waals surface area contributed by atoms with Gasteiger partial charge in [-0.2, -0.15) is 0 Å². The predicted octanol–water partition coefficient (Wildman–Crippen LogP) is 1.91. The highest BCUT2D eigenvalue weighted by Gasteiger charge is 2.00. The minimum atomic E-state index is -0.519. The normalized spacial score (nSPS) is 9.13. The van der Waals surface area contributed by atoms with E-state index in [4.69, 9.17) is 0 Å². The highest BCUT2D eigenvalue weighted by molar-refractivity contribution is 5.70. The van der Waals surface area contributed by atoms with Crippen LogP contribution in [0.15, 0.2) is 36.9 Å². The van der Waals surface area contributed by atoms with E-state index in [9.17, 15) is 4.79 Å². The molecule has 0 radical (unpaired) electrons. The first-order chi connectivity index (χ1) is 7.24. The second-order valence-corrected chi connectivity index (χ2v) is 2.82. The number of ether oxygens (including phenoxy) is 1. The number of amides is 1. The van der Waals surface area contributed by atoms with Crippen molar-refractivity contribution in [2.45, 2.75) is 6.92 Å². The molecular weight excluding hydrogens is 192 g/mol. The Morgan fingerprint density at radius 1 is 1.33 bits per heavy atom. The zero-order chi connectivity index (χ0) is 11.1. The lowest BCUT2D eigenvalue weighted by Crippen LogP contribution is -2.36. The molecule has 2 N–H and O–H groups in total. The van der Waals surface area contributed by atoms with Crippen molar-refractivity contribution in [3.05, 3.63) is 42.5 Å². The number of carbonyl (C=O) groups is 1. The highest BCUT2D eigenvalue weighted by atomic mass is 16.5. The topological polar surface area (TPSA) is 50.4 Å². The Bertz CT molecular complexity index is 336. The summed E-state index contributed by atoms with van der Waals surface area (Å²) in [5, 5.41) is 0. The summed E-state index contributed by atoms with van der Waals surface area (Å²) in [6.45, 7) is 5.86. The molecule has 1 rings (SSSR count). The van der Waals surface area contributed by atoms with Gasteiger partial charge in [0.2, 0.25) is 0 Å². The molecule has 0 aliphatic heterocycles. The maximum Gasteiger partial charge on any atom is 0.425 e. The molecule has 1 aromatic rings. The Hall–Kier alpha value is -1.97. The van der Waals surface area contributed by atoms with Crippen molar-refractivity contribution in [3.8, 4) is 0 Å². The molecule has 1 aromatic carbocycles. The van der Waals surface area contributed by atoms with E-state index in [-0.39, 0.29) is 0 Å². The van der Waals surface area contributed by atoms with Gasteiger partial charge in [-0.1, -0.05) is 36.9 Å². The summed E-state index contributed by atoms with van der Waals surface area (Å²) in [5.74, 6) is 0. The van der Waals surface area contributed by atoms with E-state index >= 15 is 0 Å². The predicted molar refractivity (Wildman–Crippen MR) is 58.8 cm³/mol. The van der Waals surface area contributed by atoms with Crippen molar-refractivity contribution in [3.63, 3.8) is 0 Å². The molecule has 0 saturated carbocycles. The van der Waals surface area contributed by atoms with Gasteiger partial charge in [-0.3, -0.25) is 5.43 Å². The van der Waals surface area contributed by atoms with Gasteiger partial charge in [-0.25, -0.2) is 10.2 Å². The van der Waals surface area contributed by atoms with E-state index in [2.05, 4.69) is 22.2 Å². The molecule has 0 spiro atoms. The van der Waals surface area contributed by atoms with E-state index < -0.39 is 6.09 Å². The molecular formula is C11H14N2O2. The number of rotatable bonds is 4. The Kier molecular flexibility index (Phi) is 4.22. The number of hydrogen-bond acceptors (Lipinski definition) is 3. The molecule has 0 saturated heterocycles. The molecule has 0 bridgehead atoms. The molecule has 4 heteroatoms. The average Bonchev–Trinajstić information content (AvgIpc) is 2.27. The third kappa shape index (κ3) is 3.72. The molecule has 0 aromatic heterocycles. The lowest BCUT2D eigenvalue weighted by atomic mass is 10.2. The van der Waals surface area contributed by atoms with Crippen LogP contribution in [-0.2, 0) is 4.74 Å². The van der Waals surface area contributed by atoms with Crippen LogP contribution in [0.5, 0.6) is 0 Å². The van der Waals surface area contributed by atoms with Crippen LogP contribution in [-0.4, -0.2) is 12.7 Å². The van der Waals surface area contributed by atoms with Gasteiger partial charge < -0.3 is 4.74 Å². The maximum absolute atomic E-state index is 10.9. The summed E-state index contributed by atoms with van der Waals surface area (Å²) in [5.41, 5.74) is 6.56. The van der Waals surface area contributed by atoms with E-state index in [0.717, 1.165) is 5.56 Å². The standard InChI is InChI=1S/C11H14N2O2/c1-3-15-11(14)13-12-9(2)10-7-5-4-6-8-10/h4-8,12H,2-3H2,1H3,(H,13,14). The van der Waals surface area contributed by atoms with E-state index in [1.807, 2.05) is 30.3 Å². The minimum Gasteiger partial charge on any atom is -0.449 e. The van der Waals surface area contributed by atoms with Gasteiger partial charge in [-0.15, -0.1) is 0 Å². The van der Waals surface area contributed by atoms with Crippen LogP contribution in [0.25, 0.3) is 5.70 Å². The molecule has 4 nitrogen and oxygen atoms in total. The summed E-state index contributed by atoms with van der Waals surface area (Å²) in [7, 11) is 0. The van der Waals surface area contributed by atoms with Gasteiger partial charge in [0, 0.05) is 0 Å². The summed E-state index contributed by atoms with van der Waals surface area (Å²) in [6, 6.07) is 9.49. The summed E-state index contributed by atoms with van der Waals surface area (Å²) >= 11 is 0. The van der Waals surface area contributed by atoms with Crippen molar-refractivity contribution in [2.24, 2.45) is 0 Å². The van der Waals surface area contributed by atoms with Crippen LogP contribution >= 0.6 is 0 Å². The fourth-order valence-corrected chi connectivity index (χ4v) is 1.01. The number of carbonyl (C=O) groups excluding carboxylic acids is 1. The van der Waals surface area contributed by atoms with E-state index in [0.29, 0.717) is 12.3 Å². The van der Waals surface area contributed by atoms with Gasteiger partial charge in [-0.05, 0) is 12.5 Å². The average molecular weight is 206 g/mol. The molecule has 80 valence electrons. The first-order valence-electron chi connectivity index (χ1n) is 4.67. The minimum absolute atomic E-state index is 0.339. The van der Waals surface area contributed by atoms with E-state index in [1.165, 1.54) is 0 Å². The molecule has 0 aliphatic carbocycles. The van der Waals surface area contributed by atoms with Crippen molar-refractivity contribution in [1.29, 1.82) is 0 Å². The fraction of sp³-hybridized carbons (Fsp3) is 0.182. The lowest BCUT2D eigenvalue weighted by molar-refractivity contribution is 0.149. The van der Waals surface area contributed by atoms with Crippen LogP contribution in [0.3, 0.4) is 0 Å². The Labute approximate surface area is 88.9 Å². The number of nitrogens with one attached hydrogen (secondary N) is 2. The Balaban J connectivity index is 2.40. The molecule has 0 fully saturated rings. The fourth-order valence-electron chi connectivity index (χ4n) is 1.01. The summed E-state index contributed by atoms with van der Waals surface area (Å²) in [6.07, 6.45) is -0.519. The monoisotopic (exact) mass is 206 g/mol. The quantitative estimate of drug-likeness (QED) is 0.740. The number of hydrogen-bond donors (Lipinski definition) is 2. The van der Waals surface area contributed by atoms with Gasteiger partial charge in [0.05, 0.1) is 12.3 Å². The summed E-state index contributed by atoms with van der Waals surface area (Å²) in [4.78, 5) is 10.9. The maximum atomic E-state index is 10.9. The van der Waals surface area contributed by atoms with Crippen molar-refractivity contribution < 1.29 is 9.53 Å². The molecule has 15 heavy (non-hydrogen) atoms.